The molecular formula is C33H39N3O5. The zero-order valence-electron chi connectivity index (χ0n) is 24.3. The lowest BCUT2D eigenvalue weighted by molar-refractivity contribution is -0.119. The standard InChI is InChI=1S/C33H39N3O5/c1-21(37)34-27-12-10-23-18-30(39-2)32(40-3)33(41-4)31(23)25-11-13-28(29(38)19-26(25)27)35-24-14-16-36(17-15-24)20-22-8-6-5-7-9-22/h5-9,11,13,18-19,24,27H,10,12,14-17,20H2,1-4H3,(H,34,37)(H,35,38)/t27-/m1/s1. The summed E-state index contributed by atoms with van der Waals surface area (Å²) in [6.07, 6.45) is 3.19. The Balaban J connectivity index is 1.48. The molecular weight excluding hydrogens is 518 g/mol. The van der Waals surface area contributed by atoms with E-state index in [1.54, 1.807) is 27.4 Å². The van der Waals surface area contributed by atoms with Gasteiger partial charge in [-0.25, -0.2) is 0 Å². The van der Waals surface area contributed by atoms with Crippen molar-refractivity contribution in [3.05, 3.63) is 81.5 Å². The van der Waals surface area contributed by atoms with Crippen molar-refractivity contribution in [2.24, 2.45) is 0 Å². The van der Waals surface area contributed by atoms with Gasteiger partial charge in [0, 0.05) is 38.2 Å². The number of ether oxygens (including phenoxy) is 3. The fourth-order valence-electron chi connectivity index (χ4n) is 6.12. The summed E-state index contributed by atoms with van der Waals surface area (Å²) in [6, 6.07) is 17.9. The van der Waals surface area contributed by atoms with Crippen LogP contribution in [0.15, 0.2) is 59.4 Å². The van der Waals surface area contributed by atoms with Crippen molar-refractivity contribution in [2.75, 3.05) is 39.7 Å². The number of methoxy groups -OCH3 is 3. The van der Waals surface area contributed by atoms with Crippen LogP contribution in [0.1, 0.15) is 48.9 Å². The van der Waals surface area contributed by atoms with Crippen LogP contribution in [0.5, 0.6) is 17.2 Å². The van der Waals surface area contributed by atoms with Crippen LogP contribution in [0.2, 0.25) is 0 Å². The third-order valence-electron chi connectivity index (χ3n) is 8.11. The van der Waals surface area contributed by atoms with Gasteiger partial charge in [-0.1, -0.05) is 36.4 Å². The molecule has 1 aliphatic carbocycles. The normalized spacial score (nSPS) is 17.0. The molecule has 1 atom stereocenters. The molecule has 0 aromatic heterocycles. The van der Waals surface area contributed by atoms with Gasteiger partial charge in [0.25, 0.3) is 0 Å². The number of carbonyl (C=O) groups excluding carboxylic acids is 1. The van der Waals surface area contributed by atoms with Crippen molar-refractivity contribution in [3.8, 4) is 28.4 Å². The van der Waals surface area contributed by atoms with E-state index in [2.05, 4.69) is 39.8 Å². The van der Waals surface area contributed by atoms with E-state index >= 15 is 0 Å². The van der Waals surface area contributed by atoms with E-state index in [-0.39, 0.29) is 23.4 Å². The third-order valence-corrected chi connectivity index (χ3v) is 8.11. The summed E-state index contributed by atoms with van der Waals surface area (Å²) in [5, 5.41) is 6.61. The minimum absolute atomic E-state index is 0.101. The summed E-state index contributed by atoms with van der Waals surface area (Å²) in [7, 11) is 4.78. The smallest absolute Gasteiger partial charge is 0.217 e. The molecule has 8 nitrogen and oxygen atoms in total. The number of nitrogens with zero attached hydrogens (tertiary/aromatic N) is 1. The van der Waals surface area contributed by atoms with Crippen molar-refractivity contribution in [2.45, 2.75) is 51.2 Å². The number of piperidine rings is 1. The van der Waals surface area contributed by atoms with Crippen LogP contribution in [0.4, 0.5) is 5.69 Å². The second kappa shape index (κ2) is 12.6. The van der Waals surface area contributed by atoms with Gasteiger partial charge in [-0.05, 0) is 66.1 Å². The monoisotopic (exact) mass is 557 g/mol. The molecule has 8 heteroatoms. The van der Waals surface area contributed by atoms with E-state index in [4.69, 9.17) is 14.2 Å². The quantitative estimate of drug-likeness (QED) is 0.406. The number of likely N-dealkylation sites (tertiary alicyclic amines) is 1. The molecule has 0 radical (unpaired) electrons. The molecule has 1 fully saturated rings. The zero-order valence-corrected chi connectivity index (χ0v) is 24.3. The van der Waals surface area contributed by atoms with Gasteiger partial charge in [-0.3, -0.25) is 14.5 Å². The Morgan fingerprint density at radius 2 is 1.66 bits per heavy atom. The predicted octanol–water partition coefficient (Wildman–Crippen LogP) is 4.94. The van der Waals surface area contributed by atoms with E-state index in [0.717, 1.165) is 54.7 Å². The molecule has 1 heterocycles. The van der Waals surface area contributed by atoms with Crippen LogP contribution in [0.25, 0.3) is 11.1 Å². The van der Waals surface area contributed by atoms with Crippen molar-refractivity contribution in [3.63, 3.8) is 0 Å². The van der Waals surface area contributed by atoms with E-state index in [1.165, 1.54) is 12.5 Å². The fraction of sp³-hybridized carbons (Fsp3) is 0.394. The largest absolute Gasteiger partial charge is 0.493 e. The average molecular weight is 558 g/mol. The minimum Gasteiger partial charge on any atom is -0.493 e. The molecule has 1 aliphatic heterocycles. The van der Waals surface area contributed by atoms with Crippen LogP contribution in [0, 0.1) is 0 Å². The van der Waals surface area contributed by atoms with E-state index in [9.17, 15) is 9.59 Å². The average Bonchev–Trinajstić information content (AvgIpc) is 3.22. The maximum absolute atomic E-state index is 13.6. The van der Waals surface area contributed by atoms with Gasteiger partial charge in [0.1, 0.15) is 0 Å². The number of hydrogen-bond acceptors (Lipinski definition) is 7. The summed E-state index contributed by atoms with van der Waals surface area (Å²) in [5.41, 5.74) is 5.22. The lowest BCUT2D eigenvalue weighted by Gasteiger charge is -2.32. The van der Waals surface area contributed by atoms with Gasteiger partial charge < -0.3 is 24.8 Å². The van der Waals surface area contributed by atoms with Gasteiger partial charge in [-0.15, -0.1) is 0 Å². The highest BCUT2D eigenvalue weighted by Crippen LogP contribution is 2.50. The second-order valence-corrected chi connectivity index (χ2v) is 10.8. The number of hydrogen-bond donors (Lipinski definition) is 2. The van der Waals surface area contributed by atoms with Gasteiger partial charge in [0.15, 0.2) is 11.5 Å². The van der Waals surface area contributed by atoms with Crippen LogP contribution in [-0.2, 0) is 17.8 Å². The Labute approximate surface area is 241 Å². The van der Waals surface area contributed by atoms with Gasteiger partial charge in [0.05, 0.1) is 33.1 Å². The van der Waals surface area contributed by atoms with Crippen molar-refractivity contribution in [1.29, 1.82) is 0 Å². The Morgan fingerprint density at radius 3 is 2.32 bits per heavy atom. The van der Waals surface area contributed by atoms with E-state index < -0.39 is 0 Å². The minimum atomic E-state index is -0.328. The number of anilines is 1. The molecule has 1 amide bonds. The summed E-state index contributed by atoms with van der Waals surface area (Å²) >= 11 is 0. The maximum Gasteiger partial charge on any atom is 0.217 e. The Bertz CT molecular complexity index is 1450. The number of benzene rings is 2. The number of rotatable bonds is 8. The van der Waals surface area contributed by atoms with Gasteiger partial charge in [-0.2, -0.15) is 0 Å². The highest BCUT2D eigenvalue weighted by molar-refractivity contribution is 5.83. The molecule has 3 aromatic carbocycles. The van der Waals surface area contributed by atoms with Crippen molar-refractivity contribution in [1.82, 2.24) is 10.2 Å². The highest BCUT2D eigenvalue weighted by Gasteiger charge is 2.29. The molecule has 216 valence electrons. The summed E-state index contributed by atoms with van der Waals surface area (Å²) in [5.74, 6) is 1.47. The molecule has 0 unspecified atom stereocenters. The van der Waals surface area contributed by atoms with Gasteiger partial charge >= 0.3 is 0 Å². The molecule has 5 rings (SSSR count). The molecule has 0 spiro atoms. The first-order chi connectivity index (χ1) is 19.9. The number of carbonyl (C=O) groups is 1. The summed E-state index contributed by atoms with van der Waals surface area (Å²) < 4.78 is 17.2. The van der Waals surface area contributed by atoms with Crippen molar-refractivity contribution < 1.29 is 19.0 Å². The molecule has 41 heavy (non-hydrogen) atoms. The lowest BCUT2D eigenvalue weighted by Crippen LogP contribution is -2.39. The summed E-state index contributed by atoms with van der Waals surface area (Å²) in [4.78, 5) is 28.3. The molecule has 2 aliphatic rings. The topological polar surface area (TPSA) is 89.1 Å². The number of aryl methyl sites for hydroxylation is 1. The number of nitrogens with one attached hydrogen (secondary N) is 2. The SMILES string of the molecule is COc1cc2c(c(OC)c1OC)-c1ccc(NC3CCN(Cc4ccccc4)CC3)c(=O)cc1[C@H](NC(C)=O)CC2. The highest BCUT2D eigenvalue weighted by atomic mass is 16.5. The first kappa shape index (κ1) is 28.5. The molecule has 3 aromatic rings. The number of fused-ring (bicyclic) bond motifs is 3. The third kappa shape index (κ3) is 6.17. The summed E-state index contributed by atoms with van der Waals surface area (Å²) in [6.45, 7) is 4.37. The lowest BCUT2D eigenvalue weighted by atomic mass is 9.95. The zero-order chi connectivity index (χ0) is 28.9. The molecule has 0 bridgehead atoms. The van der Waals surface area contributed by atoms with Crippen LogP contribution in [0.3, 0.4) is 0 Å². The fourth-order valence-corrected chi connectivity index (χ4v) is 6.12. The number of amides is 1. The first-order valence-corrected chi connectivity index (χ1v) is 14.2. The Morgan fingerprint density at radius 1 is 0.927 bits per heavy atom. The van der Waals surface area contributed by atoms with Crippen LogP contribution < -0.4 is 30.3 Å². The van der Waals surface area contributed by atoms with E-state index in [0.29, 0.717) is 35.8 Å². The van der Waals surface area contributed by atoms with Crippen LogP contribution >= 0.6 is 0 Å². The Hall–Kier alpha value is -4.04. The van der Waals surface area contributed by atoms with E-state index in [1.807, 2.05) is 24.3 Å². The van der Waals surface area contributed by atoms with Crippen molar-refractivity contribution >= 4 is 11.6 Å². The molecule has 2 N–H and O–H groups in total. The Kier molecular flexibility index (Phi) is 8.78. The first-order valence-electron chi connectivity index (χ1n) is 14.2. The van der Waals surface area contributed by atoms with Gasteiger partial charge in [0.2, 0.25) is 17.1 Å². The molecule has 0 saturated carbocycles. The van der Waals surface area contributed by atoms with Crippen LogP contribution in [-0.4, -0.2) is 51.3 Å². The predicted molar refractivity (Wildman–Crippen MR) is 161 cm³/mol. The maximum atomic E-state index is 13.6. The molecule has 1 saturated heterocycles. The second-order valence-electron chi connectivity index (χ2n) is 10.8.